The normalized spacial score (nSPS) is 12.1. The van der Waals surface area contributed by atoms with Crippen LogP contribution in [-0.2, 0) is 16.1 Å². The Morgan fingerprint density at radius 3 is 2.53 bits per heavy atom. The number of nitrogens with one attached hydrogen (secondary N) is 1. The largest absolute Gasteiger partial charge is 0.492 e. The number of rotatable bonds is 12. The minimum absolute atomic E-state index is 0.0799. The maximum Gasteiger partial charge on any atom is 0.237 e. The van der Waals surface area contributed by atoms with Gasteiger partial charge in [0.2, 0.25) is 11.8 Å². The van der Waals surface area contributed by atoms with E-state index in [0.717, 1.165) is 45.2 Å². The number of primary amides is 1. The van der Waals surface area contributed by atoms with E-state index in [1.807, 2.05) is 73.7 Å². The molecule has 1 unspecified atom stereocenters. The average Bonchev–Trinajstić information content (AvgIpc) is 3.24. The van der Waals surface area contributed by atoms with Crippen LogP contribution in [-0.4, -0.2) is 42.5 Å². The zero-order valence-electron chi connectivity index (χ0n) is 20.8. The Balaban J connectivity index is 1.30. The fraction of sp³-hybridized carbons (Fsp3) is 0.310. The quantitative estimate of drug-likeness (QED) is 0.306. The average molecular weight is 488 g/mol. The molecule has 1 aromatic heterocycles. The van der Waals surface area contributed by atoms with Crippen LogP contribution in [0.3, 0.4) is 0 Å². The van der Waals surface area contributed by atoms with Gasteiger partial charge in [0, 0.05) is 36.3 Å². The van der Waals surface area contributed by atoms with Crippen molar-refractivity contribution in [3.63, 3.8) is 0 Å². The molecule has 7 nitrogen and oxygen atoms in total. The van der Waals surface area contributed by atoms with Gasteiger partial charge in [-0.3, -0.25) is 9.59 Å². The highest BCUT2D eigenvalue weighted by molar-refractivity contribution is 6.05. The number of amides is 2. The molecule has 2 amide bonds. The summed E-state index contributed by atoms with van der Waals surface area (Å²) in [7, 11) is 0. The Morgan fingerprint density at radius 2 is 1.78 bits per heavy atom. The zero-order chi connectivity index (χ0) is 25.5. The lowest BCUT2D eigenvalue weighted by molar-refractivity contribution is -0.135. The van der Waals surface area contributed by atoms with Gasteiger partial charge in [-0.05, 0) is 43.2 Å². The van der Waals surface area contributed by atoms with Crippen LogP contribution >= 0.6 is 0 Å². The molecule has 0 aliphatic heterocycles. The van der Waals surface area contributed by atoms with Crippen molar-refractivity contribution in [3.8, 4) is 5.75 Å². The Bertz CT molecular complexity index is 1330. The van der Waals surface area contributed by atoms with E-state index < -0.39 is 5.91 Å². The highest BCUT2D eigenvalue weighted by Crippen LogP contribution is 2.31. The molecule has 0 radical (unpaired) electrons. The Hall–Kier alpha value is -3.84. The summed E-state index contributed by atoms with van der Waals surface area (Å²) in [5.41, 5.74) is 9.18. The van der Waals surface area contributed by atoms with Gasteiger partial charge in [-0.15, -0.1) is 0 Å². The van der Waals surface area contributed by atoms with E-state index in [1.54, 1.807) is 0 Å². The smallest absolute Gasteiger partial charge is 0.237 e. The number of para-hydroxylation sites is 1. The van der Waals surface area contributed by atoms with Crippen LogP contribution in [0.25, 0.3) is 21.9 Å². The van der Waals surface area contributed by atoms with Crippen LogP contribution in [0.4, 0.5) is 0 Å². The van der Waals surface area contributed by atoms with Crippen LogP contribution in [0.5, 0.6) is 5.75 Å². The molecule has 3 aromatic carbocycles. The van der Waals surface area contributed by atoms with Gasteiger partial charge >= 0.3 is 0 Å². The molecule has 7 heteroatoms. The molecular formula is C29H33N3O4. The van der Waals surface area contributed by atoms with E-state index in [2.05, 4.69) is 12.2 Å². The summed E-state index contributed by atoms with van der Waals surface area (Å²) < 4.78 is 12.0. The molecule has 0 saturated heterocycles. The minimum Gasteiger partial charge on any atom is -0.492 e. The predicted octanol–water partition coefficient (Wildman–Crippen LogP) is 4.55. The number of nitrogens with two attached hydrogens (primary N) is 1. The molecular weight excluding hydrogens is 454 g/mol. The van der Waals surface area contributed by atoms with Crippen LogP contribution in [0.2, 0.25) is 0 Å². The van der Waals surface area contributed by atoms with Gasteiger partial charge in [-0.2, -0.15) is 0 Å². The number of nitrogens with zero attached hydrogens (tertiary/aromatic N) is 1. The highest BCUT2D eigenvalue weighted by Gasteiger charge is 2.17. The van der Waals surface area contributed by atoms with E-state index in [9.17, 15) is 9.59 Å². The topological polar surface area (TPSA) is 97.8 Å². The molecule has 0 aliphatic carbocycles. The van der Waals surface area contributed by atoms with Gasteiger partial charge in [-0.1, -0.05) is 55.0 Å². The van der Waals surface area contributed by atoms with Crippen LogP contribution in [0.1, 0.15) is 30.9 Å². The molecule has 1 atom stereocenters. The van der Waals surface area contributed by atoms with E-state index in [1.165, 1.54) is 4.90 Å². The maximum atomic E-state index is 12.8. The molecule has 0 fully saturated rings. The number of benzene rings is 3. The third-order valence-electron chi connectivity index (χ3n) is 6.26. The molecule has 0 aliphatic rings. The standard InChI is InChI=1S/C29H33N3O4/c1-3-22(19-35-23-12-13-27-25(16-23)24-6-4-5-7-26(24)36-27)31-15-14-29(34)32(18-28(30)33)17-21-10-8-20(2)9-11-21/h4-13,16,22,31H,3,14-15,17-19H2,1-2H3,(H2,30,33). The number of furan rings is 1. The SMILES string of the molecule is CCC(COc1ccc2oc3ccccc3c2c1)NCCC(=O)N(CC(N)=O)Cc1ccc(C)cc1. The van der Waals surface area contributed by atoms with Gasteiger partial charge in [0.25, 0.3) is 0 Å². The second-order valence-electron chi connectivity index (χ2n) is 9.08. The molecule has 0 saturated carbocycles. The summed E-state index contributed by atoms with van der Waals surface area (Å²) in [4.78, 5) is 25.9. The van der Waals surface area contributed by atoms with Crippen LogP contribution < -0.4 is 15.8 Å². The maximum absolute atomic E-state index is 12.8. The zero-order valence-corrected chi connectivity index (χ0v) is 20.8. The molecule has 4 aromatic rings. The van der Waals surface area contributed by atoms with Crippen molar-refractivity contribution < 1.29 is 18.7 Å². The minimum atomic E-state index is -0.523. The van der Waals surface area contributed by atoms with Crippen molar-refractivity contribution in [3.05, 3.63) is 77.9 Å². The number of ether oxygens (including phenoxy) is 1. The van der Waals surface area contributed by atoms with E-state index in [4.69, 9.17) is 14.9 Å². The van der Waals surface area contributed by atoms with Crippen molar-refractivity contribution in [2.24, 2.45) is 5.73 Å². The van der Waals surface area contributed by atoms with Crippen LogP contribution in [0.15, 0.2) is 71.1 Å². The number of hydrogen-bond acceptors (Lipinski definition) is 5. The molecule has 3 N–H and O–H groups in total. The fourth-order valence-corrected chi connectivity index (χ4v) is 4.19. The molecule has 1 heterocycles. The second kappa shape index (κ2) is 11.7. The van der Waals surface area contributed by atoms with Gasteiger partial charge in [-0.25, -0.2) is 0 Å². The third-order valence-corrected chi connectivity index (χ3v) is 6.26. The molecule has 188 valence electrons. The van der Waals surface area contributed by atoms with Gasteiger partial charge in [0.05, 0.1) is 6.54 Å². The number of carbonyl (C=O) groups is 2. The molecule has 36 heavy (non-hydrogen) atoms. The van der Waals surface area contributed by atoms with Crippen molar-refractivity contribution in [2.75, 3.05) is 19.7 Å². The first-order valence-corrected chi connectivity index (χ1v) is 12.3. The van der Waals surface area contributed by atoms with Crippen molar-refractivity contribution in [1.82, 2.24) is 10.2 Å². The van der Waals surface area contributed by atoms with Gasteiger partial charge in [0.15, 0.2) is 0 Å². The lowest BCUT2D eigenvalue weighted by Gasteiger charge is -2.23. The van der Waals surface area contributed by atoms with Gasteiger partial charge in [0.1, 0.15) is 23.5 Å². The van der Waals surface area contributed by atoms with Crippen LogP contribution in [0, 0.1) is 6.92 Å². The summed E-state index contributed by atoms with van der Waals surface area (Å²) in [5, 5.41) is 5.49. The lowest BCUT2D eigenvalue weighted by atomic mass is 10.1. The highest BCUT2D eigenvalue weighted by atomic mass is 16.5. The monoisotopic (exact) mass is 487 g/mol. The summed E-state index contributed by atoms with van der Waals surface area (Å²) in [5.74, 6) is 0.136. The first-order chi connectivity index (χ1) is 17.4. The van der Waals surface area contributed by atoms with Crippen molar-refractivity contribution in [2.45, 2.75) is 39.3 Å². The van der Waals surface area contributed by atoms with Crippen molar-refractivity contribution >= 4 is 33.8 Å². The number of aryl methyl sites for hydroxylation is 1. The van der Waals surface area contributed by atoms with Crippen molar-refractivity contribution in [1.29, 1.82) is 0 Å². The summed E-state index contributed by atoms with van der Waals surface area (Å²) in [6.45, 7) is 5.29. The molecule has 4 rings (SSSR count). The van der Waals surface area contributed by atoms with Gasteiger partial charge < -0.3 is 25.1 Å². The molecule has 0 bridgehead atoms. The first kappa shape index (κ1) is 25.3. The summed E-state index contributed by atoms with van der Waals surface area (Å²) in [6.07, 6.45) is 1.11. The van der Waals surface area contributed by atoms with E-state index >= 15 is 0 Å². The van der Waals surface area contributed by atoms with E-state index in [0.29, 0.717) is 19.7 Å². The first-order valence-electron chi connectivity index (χ1n) is 12.3. The summed E-state index contributed by atoms with van der Waals surface area (Å²) >= 11 is 0. The number of fused-ring (bicyclic) bond motifs is 3. The molecule has 0 spiro atoms. The Labute approximate surface area is 211 Å². The second-order valence-corrected chi connectivity index (χ2v) is 9.08. The fourth-order valence-electron chi connectivity index (χ4n) is 4.19. The Kier molecular flexibility index (Phi) is 8.23. The predicted molar refractivity (Wildman–Crippen MR) is 142 cm³/mol. The van der Waals surface area contributed by atoms with E-state index in [-0.39, 0.29) is 24.9 Å². The lowest BCUT2D eigenvalue weighted by Crippen LogP contribution is -2.41. The number of hydrogen-bond donors (Lipinski definition) is 2. The number of carbonyl (C=O) groups excluding carboxylic acids is 2. The Morgan fingerprint density at radius 1 is 1.03 bits per heavy atom. The third kappa shape index (κ3) is 6.43. The summed E-state index contributed by atoms with van der Waals surface area (Å²) in [6, 6.07) is 21.8.